The summed E-state index contributed by atoms with van der Waals surface area (Å²) in [4.78, 5) is 15.5. The molecule has 3 aromatic rings. The topological polar surface area (TPSA) is 98.9 Å². The molecule has 2 heterocycles. The number of rotatable bonds is 4. The van der Waals surface area contributed by atoms with E-state index in [2.05, 4.69) is 10.1 Å². The van der Waals surface area contributed by atoms with Crippen molar-refractivity contribution in [2.24, 2.45) is 5.92 Å². The Labute approximate surface area is 156 Å². The number of hydrogen-bond donors (Lipinski definition) is 1. The molecule has 0 aliphatic heterocycles. The summed E-state index contributed by atoms with van der Waals surface area (Å²) in [5, 5.41) is 3.95. The minimum Gasteiger partial charge on any atom is -0.361 e. The van der Waals surface area contributed by atoms with E-state index in [1.807, 2.05) is 0 Å². The van der Waals surface area contributed by atoms with Crippen molar-refractivity contribution in [3.63, 3.8) is 0 Å². The molecular weight excluding hydrogens is 366 g/mol. The van der Waals surface area contributed by atoms with Gasteiger partial charge in [0.2, 0.25) is 6.20 Å². The quantitative estimate of drug-likeness (QED) is 0.691. The average Bonchev–Trinajstić information content (AvgIpc) is 3.24. The van der Waals surface area contributed by atoms with E-state index in [9.17, 15) is 13.3 Å². The van der Waals surface area contributed by atoms with Crippen LogP contribution >= 0.6 is 0 Å². The van der Waals surface area contributed by atoms with Gasteiger partial charge in [0.15, 0.2) is 9.84 Å². The number of benzene rings is 1. The van der Waals surface area contributed by atoms with Crippen molar-refractivity contribution in [2.45, 2.75) is 44.4 Å². The Kier molecular flexibility index (Phi) is 4.38. The van der Waals surface area contributed by atoms with Crippen molar-refractivity contribution in [3.8, 4) is 11.1 Å². The molecule has 1 fully saturated rings. The molecule has 2 aromatic heterocycles. The Bertz CT molecular complexity index is 1150. The van der Waals surface area contributed by atoms with Crippen LogP contribution in [0.2, 0.25) is 0 Å². The van der Waals surface area contributed by atoms with Crippen molar-refractivity contribution in [1.82, 2.24) is 10.1 Å². The minimum atomic E-state index is -3.56. The van der Waals surface area contributed by atoms with E-state index >= 15 is 0 Å². The summed E-state index contributed by atoms with van der Waals surface area (Å²) in [6.45, 7) is 3.57. The van der Waals surface area contributed by atoms with Crippen molar-refractivity contribution < 1.29 is 17.4 Å². The Hall–Kier alpha value is -2.48. The van der Waals surface area contributed by atoms with Crippen LogP contribution in [0.5, 0.6) is 0 Å². The molecule has 0 amide bonds. The van der Waals surface area contributed by atoms with Crippen molar-refractivity contribution >= 4 is 20.9 Å². The molecule has 1 aliphatic rings. The number of H-pyrrole nitrogens is 1. The summed E-state index contributed by atoms with van der Waals surface area (Å²) < 4.78 is 32.4. The number of sulfone groups is 1. The highest BCUT2D eigenvalue weighted by molar-refractivity contribution is 7.91. The number of fused-ring (bicyclic) bond motifs is 1. The van der Waals surface area contributed by atoms with Crippen LogP contribution in [0.1, 0.15) is 37.1 Å². The highest BCUT2D eigenvalue weighted by Gasteiger charge is 2.29. The molecule has 4 rings (SSSR count). The van der Waals surface area contributed by atoms with E-state index in [4.69, 9.17) is 4.52 Å². The highest BCUT2D eigenvalue weighted by atomic mass is 32.2. The third kappa shape index (κ3) is 3.18. The van der Waals surface area contributed by atoms with Crippen molar-refractivity contribution in [3.05, 3.63) is 40.9 Å². The second-order valence-electron chi connectivity index (χ2n) is 7.29. The summed E-state index contributed by atoms with van der Waals surface area (Å²) in [6.07, 6.45) is 6.81. The van der Waals surface area contributed by atoms with Gasteiger partial charge in [-0.05, 0) is 44.2 Å². The fourth-order valence-corrected chi connectivity index (χ4v) is 5.96. The van der Waals surface area contributed by atoms with Gasteiger partial charge in [-0.1, -0.05) is 18.0 Å². The molecule has 1 aromatic carbocycles. The van der Waals surface area contributed by atoms with E-state index < -0.39 is 9.84 Å². The number of nitrogens with one attached hydrogen (secondary N) is 1. The van der Waals surface area contributed by atoms with E-state index in [1.54, 1.807) is 26.0 Å². The Balaban J connectivity index is 1.96. The highest BCUT2D eigenvalue weighted by Crippen LogP contribution is 2.34. The molecule has 7 nitrogen and oxygen atoms in total. The molecule has 0 saturated heterocycles. The van der Waals surface area contributed by atoms with Gasteiger partial charge in [-0.3, -0.25) is 0 Å². The number of nitrogens with zero attached hydrogens (tertiary/aromatic N) is 2. The molecule has 1 saturated carbocycles. The van der Waals surface area contributed by atoms with E-state index in [1.165, 1.54) is 12.4 Å². The zero-order valence-electron chi connectivity index (χ0n) is 15.4. The number of aromatic nitrogens is 3. The molecule has 8 heteroatoms. The summed E-state index contributed by atoms with van der Waals surface area (Å²) in [7, 11) is -3.56. The van der Waals surface area contributed by atoms with Crippen LogP contribution in [-0.2, 0) is 9.84 Å². The lowest BCUT2D eigenvalue weighted by Crippen LogP contribution is -2.19. The molecule has 0 radical (unpaired) electrons. The maximum absolute atomic E-state index is 13.2. The molecule has 1 aliphatic carbocycles. The fraction of sp³-hybridized carbons (Fsp3) is 0.421. The standard InChI is InChI=1S/C19H22N3O4S/c1-12-18(13(2)26-21-12)15-9-16-19(20-7-8-22(16)23)17(10-15)27(24,25)11-14-5-3-4-6-14/h7-10,14H,3-6,11H2,1-2H3,(H,20,23)/q+1. The van der Waals surface area contributed by atoms with Crippen LogP contribution in [0.3, 0.4) is 0 Å². The van der Waals surface area contributed by atoms with Crippen molar-refractivity contribution in [2.75, 3.05) is 5.75 Å². The third-order valence-corrected chi connectivity index (χ3v) is 7.25. The van der Waals surface area contributed by atoms with Gasteiger partial charge in [-0.25, -0.2) is 8.42 Å². The first kappa shape index (κ1) is 17.9. The fourth-order valence-electron chi connectivity index (χ4n) is 4.05. The largest absolute Gasteiger partial charge is 0.361 e. The zero-order chi connectivity index (χ0) is 19.2. The molecular formula is C19H22N3O4S+. The molecule has 0 atom stereocenters. The first-order valence-electron chi connectivity index (χ1n) is 9.10. The van der Waals surface area contributed by atoms with Gasteiger partial charge in [-0.2, -0.15) is 0 Å². The molecule has 27 heavy (non-hydrogen) atoms. The lowest BCUT2D eigenvalue weighted by Gasteiger charge is -2.12. The van der Waals surface area contributed by atoms with Gasteiger partial charge in [0.25, 0.3) is 5.52 Å². The van der Waals surface area contributed by atoms with Gasteiger partial charge in [0, 0.05) is 16.5 Å². The maximum Gasteiger partial charge on any atom is 0.288 e. The van der Waals surface area contributed by atoms with Crippen LogP contribution in [0.25, 0.3) is 22.2 Å². The normalized spacial score (nSPS) is 15.6. The summed E-state index contributed by atoms with van der Waals surface area (Å²) in [6, 6.07) is 3.32. The van der Waals surface area contributed by atoms with Gasteiger partial charge < -0.3 is 9.51 Å². The van der Waals surface area contributed by atoms with Crippen LogP contribution in [0.4, 0.5) is 0 Å². The van der Waals surface area contributed by atoms with E-state index in [0.717, 1.165) is 31.2 Å². The molecule has 0 bridgehead atoms. The average molecular weight is 388 g/mol. The van der Waals surface area contributed by atoms with E-state index in [-0.39, 0.29) is 22.1 Å². The number of hydrogen-bond acceptors (Lipinski definition) is 5. The summed E-state index contributed by atoms with van der Waals surface area (Å²) in [5.41, 5.74) is 2.61. The zero-order valence-corrected chi connectivity index (χ0v) is 16.2. The van der Waals surface area contributed by atoms with Crippen molar-refractivity contribution in [1.29, 1.82) is 0 Å². The minimum absolute atomic E-state index is 0.106. The second kappa shape index (κ2) is 6.60. The SMILES string of the molecule is Cc1noc(C)c1-c1cc(S(=O)(=O)CC2CCCC2)c2[nH]cc[n+](=O)c2c1. The van der Waals surface area contributed by atoms with Crippen LogP contribution in [0.15, 0.2) is 33.9 Å². The predicted octanol–water partition coefficient (Wildman–Crippen LogP) is 3.32. The molecule has 1 N–H and O–H groups in total. The van der Waals surface area contributed by atoms with E-state index in [0.29, 0.717) is 27.0 Å². The maximum atomic E-state index is 13.2. The monoisotopic (exact) mass is 388 g/mol. The number of aryl methyl sites for hydroxylation is 2. The number of aromatic amines is 1. The lowest BCUT2D eigenvalue weighted by atomic mass is 10.0. The Morgan fingerprint density at radius 3 is 2.67 bits per heavy atom. The summed E-state index contributed by atoms with van der Waals surface area (Å²) in [5.74, 6) is 0.869. The predicted molar refractivity (Wildman–Crippen MR) is 101 cm³/mol. The van der Waals surface area contributed by atoms with Gasteiger partial charge in [0.1, 0.15) is 11.3 Å². The van der Waals surface area contributed by atoms with Gasteiger partial charge >= 0.3 is 0 Å². The van der Waals surface area contributed by atoms with Gasteiger partial charge in [-0.15, -0.1) is 0 Å². The van der Waals surface area contributed by atoms with Crippen LogP contribution in [-0.4, -0.2) is 24.3 Å². The second-order valence-corrected chi connectivity index (χ2v) is 9.29. The Morgan fingerprint density at radius 2 is 2.00 bits per heavy atom. The van der Waals surface area contributed by atoms with Gasteiger partial charge in [0.05, 0.1) is 27.0 Å². The third-order valence-electron chi connectivity index (χ3n) is 5.34. The molecule has 0 unspecified atom stereocenters. The van der Waals surface area contributed by atoms with Crippen LogP contribution in [0, 0.1) is 24.7 Å². The lowest BCUT2D eigenvalue weighted by molar-refractivity contribution is -0.464. The first-order valence-corrected chi connectivity index (χ1v) is 10.8. The molecule has 0 spiro atoms. The Morgan fingerprint density at radius 1 is 1.26 bits per heavy atom. The molecule has 142 valence electrons. The first-order chi connectivity index (χ1) is 12.9. The van der Waals surface area contributed by atoms with Crippen LogP contribution < -0.4 is 4.43 Å². The smallest absolute Gasteiger partial charge is 0.288 e. The summed E-state index contributed by atoms with van der Waals surface area (Å²) >= 11 is 0.